The van der Waals surface area contributed by atoms with Gasteiger partial charge in [0, 0.05) is 0 Å². The average molecular weight is 421 g/mol. The largest absolute Gasteiger partial charge is 0.489 e. The summed E-state index contributed by atoms with van der Waals surface area (Å²) in [4.78, 5) is 17.9. The Morgan fingerprint density at radius 2 is 2.07 bits per heavy atom. The Kier molecular flexibility index (Phi) is 5.02. The van der Waals surface area contributed by atoms with Crippen molar-refractivity contribution in [3.63, 3.8) is 0 Å². The lowest BCUT2D eigenvalue weighted by molar-refractivity contribution is -0.137. The highest BCUT2D eigenvalue weighted by Crippen LogP contribution is 2.35. The molecule has 0 spiro atoms. The minimum Gasteiger partial charge on any atom is -0.489 e. The number of benzene rings is 2. The van der Waals surface area contributed by atoms with E-state index < -0.39 is 23.5 Å². The van der Waals surface area contributed by atoms with E-state index in [2.05, 4.69) is 15.4 Å². The van der Waals surface area contributed by atoms with Crippen LogP contribution in [0.2, 0.25) is 0 Å². The third kappa shape index (κ3) is 3.91. The Balaban J connectivity index is 1.61. The second kappa shape index (κ2) is 7.65. The lowest BCUT2D eigenvalue weighted by Gasteiger charge is -2.31. The summed E-state index contributed by atoms with van der Waals surface area (Å²) in [5.74, 6) is -0.870. The molecule has 0 unspecified atom stereocenters. The Hall–Kier alpha value is -3.63. The Morgan fingerprint density at radius 3 is 2.80 bits per heavy atom. The van der Waals surface area contributed by atoms with Gasteiger partial charge in [-0.25, -0.2) is 14.1 Å². The van der Waals surface area contributed by atoms with Gasteiger partial charge in [0.25, 0.3) is 0 Å². The molecule has 1 aliphatic rings. The van der Waals surface area contributed by atoms with Crippen molar-refractivity contribution in [2.75, 3.05) is 29.9 Å². The summed E-state index contributed by atoms with van der Waals surface area (Å²) < 4.78 is 60.3. The average Bonchev–Trinajstić information content (AvgIpc) is 3.22. The number of nitrogens with one attached hydrogen (secondary N) is 1. The van der Waals surface area contributed by atoms with Crippen molar-refractivity contribution in [3.05, 3.63) is 60.4 Å². The third-order valence-corrected chi connectivity index (χ3v) is 4.48. The van der Waals surface area contributed by atoms with Gasteiger partial charge in [-0.05, 0) is 30.3 Å². The molecule has 3 aromatic rings. The molecule has 1 amide bonds. The van der Waals surface area contributed by atoms with Crippen LogP contribution in [-0.4, -0.2) is 40.4 Å². The highest BCUT2D eigenvalue weighted by Gasteiger charge is 2.32. The Labute approximate surface area is 167 Å². The molecule has 11 heteroatoms. The number of para-hydroxylation sites is 1. The highest BCUT2D eigenvalue weighted by molar-refractivity contribution is 5.96. The molecule has 0 fully saturated rings. The number of rotatable bonds is 4. The molecule has 0 radical (unpaired) electrons. The third-order valence-electron chi connectivity index (χ3n) is 4.48. The van der Waals surface area contributed by atoms with Crippen molar-refractivity contribution >= 4 is 17.3 Å². The number of halogens is 4. The van der Waals surface area contributed by atoms with E-state index in [4.69, 9.17) is 4.74 Å². The van der Waals surface area contributed by atoms with E-state index in [0.717, 1.165) is 12.1 Å². The van der Waals surface area contributed by atoms with Gasteiger partial charge < -0.3 is 15.0 Å². The van der Waals surface area contributed by atoms with Gasteiger partial charge in [-0.1, -0.05) is 6.07 Å². The zero-order valence-electron chi connectivity index (χ0n) is 15.4. The highest BCUT2D eigenvalue weighted by atomic mass is 19.4. The smallest absolute Gasteiger partial charge is 0.416 e. The fraction of sp³-hybridized carbons (Fsp3) is 0.211. The minimum atomic E-state index is -4.59. The Morgan fingerprint density at radius 1 is 1.23 bits per heavy atom. The van der Waals surface area contributed by atoms with Crippen molar-refractivity contribution in [2.24, 2.45) is 0 Å². The lowest BCUT2D eigenvalue weighted by Crippen LogP contribution is -2.39. The molecule has 1 aromatic heterocycles. The molecule has 30 heavy (non-hydrogen) atoms. The van der Waals surface area contributed by atoms with Gasteiger partial charge in [-0.15, -0.1) is 0 Å². The van der Waals surface area contributed by atoms with Crippen LogP contribution in [0.4, 0.5) is 28.9 Å². The van der Waals surface area contributed by atoms with Crippen LogP contribution in [0.25, 0.3) is 5.69 Å². The molecule has 4 rings (SSSR count). The van der Waals surface area contributed by atoms with Crippen molar-refractivity contribution in [2.45, 2.75) is 6.18 Å². The topological polar surface area (TPSA) is 72.3 Å². The zero-order valence-corrected chi connectivity index (χ0v) is 15.4. The standard InChI is InChI=1S/C19H15F4N5O2/c20-13-2-1-3-16-18(13)27(6-7-30-16)9-17(29)26-14-8-12(19(21,22)23)4-5-15(14)28-11-24-10-25-28/h1-5,8,10-11H,6-7,9H2,(H,26,29). The van der Waals surface area contributed by atoms with Gasteiger partial charge in [-0.2, -0.15) is 18.3 Å². The number of ether oxygens (including phenoxy) is 1. The Bertz CT molecular complexity index is 1070. The van der Waals surface area contributed by atoms with Crippen LogP contribution in [-0.2, 0) is 11.0 Å². The normalized spacial score (nSPS) is 13.5. The molecule has 0 saturated heterocycles. The number of anilines is 2. The molecule has 7 nitrogen and oxygen atoms in total. The molecule has 2 heterocycles. The first-order valence-electron chi connectivity index (χ1n) is 8.85. The van der Waals surface area contributed by atoms with E-state index in [1.165, 1.54) is 40.4 Å². The molecule has 0 aliphatic carbocycles. The van der Waals surface area contributed by atoms with Gasteiger partial charge in [0.15, 0.2) is 0 Å². The van der Waals surface area contributed by atoms with Crippen LogP contribution < -0.4 is 15.0 Å². The number of hydrogen-bond donors (Lipinski definition) is 1. The van der Waals surface area contributed by atoms with E-state index in [-0.39, 0.29) is 36.8 Å². The molecule has 2 aromatic carbocycles. The van der Waals surface area contributed by atoms with Gasteiger partial charge in [0.2, 0.25) is 5.91 Å². The molecule has 1 aliphatic heterocycles. The number of nitrogens with zero attached hydrogens (tertiary/aromatic N) is 4. The first kappa shape index (κ1) is 19.7. The summed E-state index contributed by atoms with van der Waals surface area (Å²) in [5, 5.41) is 6.38. The van der Waals surface area contributed by atoms with E-state index >= 15 is 0 Å². The summed E-state index contributed by atoms with van der Waals surface area (Å²) in [5.41, 5.74) is -0.673. The molecular formula is C19H15F4N5O2. The van der Waals surface area contributed by atoms with Crippen molar-refractivity contribution in [1.82, 2.24) is 14.8 Å². The maximum absolute atomic E-state index is 14.2. The van der Waals surface area contributed by atoms with Crippen molar-refractivity contribution in [3.8, 4) is 11.4 Å². The monoisotopic (exact) mass is 421 g/mol. The maximum atomic E-state index is 14.2. The van der Waals surface area contributed by atoms with Gasteiger partial charge in [0.1, 0.15) is 36.5 Å². The van der Waals surface area contributed by atoms with E-state index in [9.17, 15) is 22.4 Å². The van der Waals surface area contributed by atoms with Crippen LogP contribution in [0.5, 0.6) is 5.75 Å². The summed E-state index contributed by atoms with van der Waals surface area (Å²) in [6.07, 6.45) is -2.07. The van der Waals surface area contributed by atoms with Crippen LogP contribution in [0.15, 0.2) is 49.1 Å². The van der Waals surface area contributed by atoms with E-state index in [1.807, 2.05) is 0 Å². The van der Waals surface area contributed by atoms with Gasteiger partial charge in [-0.3, -0.25) is 4.79 Å². The SMILES string of the molecule is O=C(CN1CCOc2cccc(F)c21)Nc1cc(C(F)(F)F)ccc1-n1cncn1. The van der Waals surface area contributed by atoms with Crippen molar-refractivity contribution in [1.29, 1.82) is 0 Å². The summed E-state index contributed by atoms with van der Waals surface area (Å²) >= 11 is 0. The van der Waals surface area contributed by atoms with E-state index in [0.29, 0.717) is 5.75 Å². The van der Waals surface area contributed by atoms with Crippen LogP contribution >= 0.6 is 0 Å². The fourth-order valence-electron chi connectivity index (χ4n) is 3.16. The summed E-state index contributed by atoms with van der Waals surface area (Å²) in [6, 6.07) is 7.22. The first-order chi connectivity index (χ1) is 14.3. The van der Waals surface area contributed by atoms with Crippen molar-refractivity contribution < 1.29 is 27.1 Å². The number of carbonyl (C=O) groups excluding carboxylic acids is 1. The minimum absolute atomic E-state index is 0.0951. The maximum Gasteiger partial charge on any atom is 0.416 e. The number of amides is 1. The lowest BCUT2D eigenvalue weighted by atomic mass is 10.1. The quantitative estimate of drug-likeness (QED) is 0.655. The number of alkyl halides is 3. The molecule has 0 bridgehead atoms. The van der Waals surface area contributed by atoms with Gasteiger partial charge >= 0.3 is 6.18 Å². The predicted molar refractivity (Wildman–Crippen MR) is 99.1 cm³/mol. The molecule has 156 valence electrons. The zero-order chi connectivity index (χ0) is 21.3. The second-order valence-corrected chi connectivity index (χ2v) is 6.47. The van der Waals surface area contributed by atoms with Gasteiger partial charge in [0.05, 0.1) is 30.0 Å². The summed E-state index contributed by atoms with van der Waals surface area (Å²) in [6.45, 7) is 0.224. The van der Waals surface area contributed by atoms with Crippen LogP contribution in [0.3, 0.4) is 0 Å². The molecule has 0 saturated carbocycles. The predicted octanol–water partition coefficient (Wildman–Crippen LogP) is 3.26. The van der Waals surface area contributed by atoms with E-state index in [1.54, 1.807) is 6.07 Å². The van der Waals surface area contributed by atoms with Crippen LogP contribution in [0, 0.1) is 5.82 Å². The molecular weight excluding hydrogens is 406 g/mol. The molecule has 1 N–H and O–H groups in total. The fourth-order valence-corrected chi connectivity index (χ4v) is 3.16. The molecule has 0 atom stereocenters. The first-order valence-corrected chi connectivity index (χ1v) is 8.85. The number of hydrogen-bond acceptors (Lipinski definition) is 5. The number of fused-ring (bicyclic) bond motifs is 1. The number of aromatic nitrogens is 3. The second-order valence-electron chi connectivity index (χ2n) is 6.47. The van der Waals surface area contributed by atoms with Crippen LogP contribution in [0.1, 0.15) is 5.56 Å². The summed E-state index contributed by atoms with van der Waals surface area (Å²) in [7, 11) is 0. The number of carbonyl (C=O) groups is 1.